The van der Waals surface area contributed by atoms with Crippen molar-refractivity contribution in [1.82, 2.24) is 5.32 Å². The molecular weight excluding hydrogens is 370 g/mol. The standard InChI is InChI=1S/C19H18ClN3O2S/c1-2-25-16-10-6-4-8-14(16)12-21-23-19-22-18(24)17(26-19)11-13-7-3-5-9-15(13)20/h3-10,12,17H,2,11H2,1H3,(H,22,23,24)/b21-12+. The predicted octanol–water partition coefficient (Wildman–Crippen LogP) is 3.90. The molecule has 1 fully saturated rings. The van der Waals surface area contributed by atoms with Crippen molar-refractivity contribution in [3.05, 3.63) is 64.7 Å². The average molecular weight is 388 g/mol. The Labute approximate surface area is 161 Å². The molecule has 1 amide bonds. The second-order valence-electron chi connectivity index (χ2n) is 5.51. The molecule has 1 aliphatic heterocycles. The minimum absolute atomic E-state index is 0.0846. The van der Waals surface area contributed by atoms with Crippen LogP contribution in [-0.4, -0.2) is 29.1 Å². The molecule has 1 N–H and O–H groups in total. The minimum Gasteiger partial charge on any atom is -0.493 e. The van der Waals surface area contributed by atoms with Crippen LogP contribution in [-0.2, 0) is 11.2 Å². The maximum atomic E-state index is 12.1. The van der Waals surface area contributed by atoms with Crippen molar-refractivity contribution in [2.45, 2.75) is 18.6 Å². The van der Waals surface area contributed by atoms with Gasteiger partial charge in [0.05, 0.1) is 18.1 Å². The number of carbonyl (C=O) groups is 1. The van der Waals surface area contributed by atoms with Gasteiger partial charge in [-0.15, -0.1) is 5.10 Å². The average Bonchev–Trinajstić information content (AvgIpc) is 2.98. The number of carbonyl (C=O) groups excluding carboxylic acids is 1. The number of nitrogens with zero attached hydrogens (tertiary/aromatic N) is 2. The molecule has 0 aromatic heterocycles. The summed E-state index contributed by atoms with van der Waals surface area (Å²) in [5.74, 6) is 0.664. The van der Waals surface area contributed by atoms with Crippen LogP contribution in [0.5, 0.6) is 5.75 Å². The van der Waals surface area contributed by atoms with E-state index in [2.05, 4.69) is 15.5 Å². The fraction of sp³-hybridized carbons (Fsp3) is 0.211. The highest BCUT2D eigenvalue weighted by atomic mass is 35.5. The monoisotopic (exact) mass is 387 g/mol. The van der Waals surface area contributed by atoms with E-state index >= 15 is 0 Å². The number of amides is 1. The maximum Gasteiger partial charge on any atom is 0.239 e. The lowest BCUT2D eigenvalue weighted by Gasteiger charge is -2.06. The van der Waals surface area contributed by atoms with Crippen LogP contribution in [0.15, 0.2) is 58.7 Å². The van der Waals surface area contributed by atoms with Gasteiger partial charge in [0.1, 0.15) is 5.75 Å². The van der Waals surface area contributed by atoms with Gasteiger partial charge in [0.15, 0.2) is 5.17 Å². The number of hydrogen-bond acceptors (Lipinski definition) is 5. The molecule has 5 nitrogen and oxygen atoms in total. The Morgan fingerprint density at radius 2 is 2.00 bits per heavy atom. The van der Waals surface area contributed by atoms with E-state index in [1.165, 1.54) is 11.8 Å². The lowest BCUT2D eigenvalue weighted by Crippen LogP contribution is -2.26. The molecule has 0 radical (unpaired) electrons. The van der Waals surface area contributed by atoms with E-state index in [0.717, 1.165) is 16.9 Å². The van der Waals surface area contributed by atoms with Gasteiger partial charge in [0.25, 0.3) is 0 Å². The van der Waals surface area contributed by atoms with Crippen molar-refractivity contribution in [2.24, 2.45) is 10.2 Å². The summed E-state index contributed by atoms with van der Waals surface area (Å²) in [5, 5.41) is 11.8. The first kappa shape index (κ1) is 18.5. The Morgan fingerprint density at radius 3 is 2.81 bits per heavy atom. The van der Waals surface area contributed by atoms with Gasteiger partial charge in [-0.2, -0.15) is 5.10 Å². The SMILES string of the molecule is CCOc1ccccc1/C=N/N=C1\NC(=O)C(Cc2ccccc2Cl)S1. The smallest absolute Gasteiger partial charge is 0.239 e. The van der Waals surface area contributed by atoms with E-state index in [9.17, 15) is 4.79 Å². The highest BCUT2D eigenvalue weighted by Gasteiger charge is 2.30. The van der Waals surface area contributed by atoms with E-state index in [0.29, 0.717) is 23.2 Å². The summed E-state index contributed by atoms with van der Waals surface area (Å²) in [6.45, 7) is 2.51. The number of benzene rings is 2. The van der Waals surface area contributed by atoms with Crippen molar-refractivity contribution in [3.8, 4) is 5.75 Å². The number of hydrogen-bond donors (Lipinski definition) is 1. The Morgan fingerprint density at radius 1 is 1.23 bits per heavy atom. The summed E-state index contributed by atoms with van der Waals surface area (Å²) in [7, 11) is 0. The molecule has 0 bridgehead atoms. The van der Waals surface area contributed by atoms with Crippen LogP contribution in [0.2, 0.25) is 5.02 Å². The quantitative estimate of drug-likeness (QED) is 0.604. The Hall–Kier alpha value is -2.31. The Kier molecular flexibility index (Phi) is 6.30. The number of halogens is 1. The molecule has 3 rings (SSSR count). The summed E-state index contributed by atoms with van der Waals surface area (Å²) in [5.41, 5.74) is 1.78. The summed E-state index contributed by atoms with van der Waals surface area (Å²) >= 11 is 7.53. The van der Waals surface area contributed by atoms with Crippen LogP contribution in [0, 0.1) is 0 Å². The van der Waals surface area contributed by atoms with Crippen molar-refractivity contribution in [3.63, 3.8) is 0 Å². The number of rotatable bonds is 6. The topological polar surface area (TPSA) is 63.1 Å². The van der Waals surface area contributed by atoms with Crippen molar-refractivity contribution in [1.29, 1.82) is 0 Å². The van der Waals surface area contributed by atoms with Gasteiger partial charge in [-0.3, -0.25) is 4.79 Å². The summed E-state index contributed by atoms with van der Waals surface area (Å²) in [6.07, 6.45) is 2.16. The van der Waals surface area contributed by atoms with Crippen molar-refractivity contribution < 1.29 is 9.53 Å². The largest absolute Gasteiger partial charge is 0.493 e. The molecular formula is C19H18ClN3O2S. The third-order valence-corrected chi connectivity index (χ3v) is 5.14. The molecule has 0 saturated carbocycles. The second kappa shape index (κ2) is 8.87. The number of amidine groups is 1. The van der Waals surface area contributed by atoms with E-state index in [1.807, 2.05) is 55.5 Å². The third kappa shape index (κ3) is 4.65. The minimum atomic E-state index is -0.264. The van der Waals surface area contributed by atoms with Crippen LogP contribution < -0.4 is 10.1 Å². The molecule has 1 aliphatic rings. The van der Waals surface area contributed by atoms with Crippen LogP contribution in [0.25, 0.3) is 0 Å². The van der Waals surface area contributed by atoms with Crippen molar-refractivity contribution >= 4 is 40.7 Å². The van der Waals surface area contributed by atoms with Gasteiger partial charge in [-0.05, 0) is 37.1 Å². The fourth-order valence-electron chi connectivity index (χ4n) is 2.47. The number of ether oxygens (including phenoxy) is 1. The van der Waals surface area contributed by atoms with Crippen LogP contribution in [0.3, 0.4) is 0 Å². The first-order valence-corrected chi connectivity index (χ1v) is 9.47. The molecule has 0 spiro atoms. The molecule has 26 heavy (non-hydrogen) atoms. The molecule has 7 heteroatoms. The Balaban J connectivity index is 1.66. The zero-order valence-electron chi connectivity index (χ0n) is 14.2. The molecule has 134 valence electrons. The van der Waals surface area contributed by atoms with Gasteiger partial charge in [0, 0.05) is 10.6 Å². The zero-order valence-corrected chi connectivity index (χ0v) is 15.8. The number of nitrogens with one attached hydrogen (secondary N) is 1. The Bertz CT molecular complexity index is 854. The number of para-hydroxylation sites is 1. The first-order valence-electron chi connectivity index (χ1n) is 8.21. The van der Waals surface area contributed by atoms with E-state index < -0.39 is 0 Å². The van der Waals surface area contributed by atoms with Crippen LogP contribution in [0.1, 0.15) is 18.1 Å². The van der Waals surface area contributed by atoms with E-state index in [4.69, 9.17) is 16.3 Å². The molecule has 0 aliphatic carbocycles. The zero-order chi connectivity index (χ0) is 18.4. The molecule has 2 aromatic rings. The number of thioether (sulfide) groups is 1. The van der Waals surface area contributed by atoms with Crippen molar-refractivity contribution in [2.75, 3.05) is 6.61 Å². The maximum absolute atomic E-state index is 12.1. The molecule has 2 aromatic carbocycles. The molecule has 1 unspecified atom stereocenters. The van der Waals surface area contributed by atoms with Gasteiger partial charge in [0.2, 0.25) is 5.91 Å². The fourth-order valence-corrected chi connectivity index (χ4v) is 3.63. The normalized spacial score (nSPS) is 18.5. The highest BCUT2D eigenvalue weighted by Crippen LogP contribution is 2.26. The summed E-state index contributed by atoms with van der Waals surface area (Å²) in [6, 6.07) is 15.1. The first-order chi connectivity index (χ1) is 12.7. The highest BCUT2D eigenvalue weighted by molar-refractivity contribution is 8.15. The summed E-state index contributed by atoms with van der Waals surface area (Å²) < 4.78 is 5.54. The third-order valence-electron chi connectivity index (χ3n) is 3.70. The van der Waals surface area contributed by atoms with Gasteiger partial charge in [-0.25, -0.2) is 0 Å². The van der Waals surface area contributed by atoms with Gasteiger partial charge in [-0.1, -0.05) is 53.7 Å². The lowest BCUT2D eigenvalue weighted by molar-refractivity contribution is -0.118. The molecule has 1 atom stereocenters. The molecule has 1 heterocycles. The van der Waals surface area contributed by atoms with E-state index in [1.54, 1.807) is 6.21 Å². The lowest BCUT2D eigenvalue weighted by atomic mass is 10.1. The van der Waals surface area contributed by atoms with Gasteiger partial charge >= 0.3 is 0 Å². The predicted molar refractivity (Wildman–Crippen MR) is 107 cm³/mol. The van der Waals surface area contributed by atoms with E-state index in [-0.39, 0.29) is 11.2 Å². The second-order valence-corrected chi connectivity index (χ2v) is 7.11. The summed E-state index contributed by atoms with van der Waals surface area (Å²) in [4.78, 5) is 12.1. The van der Waals surface area contributed by atoms with Crippen LogP contribution in [0.4, 0.5) is 0 Å². The van der Waals surface area contributed by atoms with Crippen LogP contribution >= 0.6 is 23.4 Å². The van der Waals surface area contributed by atoms with Gasteiger partial charge < -0.3 is 10.1 Å². The molecule has 1 saturated heterocycles.